The summed E-state index contributed by atoms with van der Waals surface area (Å²) in [7, 11) is 0. The molecule has 0 fully saturated rings. The SMILES string of the molecule is CC(CCC(=O)O)Oc1ccc([N+](=O)[O-])cc1F. The zero-order valence-corrected chi connectivity index (χ0v) is 9.63. The number of hydrogen-bond donors (Lipinski definition) is 1. The molecular weight excluding hydrogens is 245 g/mol. The summed E-state index contributed by atoms with van der Waals surface area (Å²) in [4.78, 5) is 20.0. The molecule has 98 valence electrons. The minimum Gasteiger partial charge on any atom is -0.488 e. The van der Waals surface area contributed by atoms with Crippen molar-refractivity contribution in [3.8, 4) is 5.75 Å². The number of hydrogen-bond acceptors (Lipinski definition) is 4. The number of aliphatic carboxylic acids is 1. The van der Waals surface area contributed by atoms with Crippen LogP contribution in [0.25, 0.3) is 0 Å². The summed E-state index contributed by atoms with van der Waals surface area (Å²) in [6.07, 6.45) is -0.348. The molecule has 0 radical (unpaired) electrons. The van der Waals surface area contributed by atoms with Gasteiger partial charge in [0.15, 0.2) is 11.6 Å². The molecular formula is C11H12FNO5. The van der Waals surface area contributed by atoms with Gasteiger partial charge in [0.1, 0.15) is 0 Å². The second-order valence-corrected chi connectivity index (χ2v) is 3.73. The van der Waals surface area contributed by atoms with Crippen LogP contribution < -0.4 is 4.74 Å². The summed E-state index contributed by atoms with van der Waals surface area (Å²) in [5.41, 5.74) is -0.363. The Balaban J connectivity index is 2.67. The molecule has 0 aliphatic carbocycles. The highest BCUT2D eigenvalue weighted by Gasteiger charge is 2.14. The van der Waals surface area contributed by atoms with Crippen LogP contribution in [0.15, 0.2) is 18.2 Å². The number of carbonyl (C=O) groups is 1. The van der Waals surface area contributed by atoms with Gasteiger partial charge in [0.25, 0.3) is 5.69 Å². The van der Waals surface area contributed by atoms with Crippen molar-refractivity contribution in [3.05, 3.63) is 34.1 Å². The number of nitrogens with zero attached hydrogens (tertiary/aromatic N) is 1. The third kappa shape index (κ3) is 4.00. The van der Waals surface area contributed by atoms with Crippen molar-refractivity contribution >= 4 is 11.7 Å². The smallest absolute Gasteiger partial charge is 0.303 e. The Morgan fingerprint density at radius 1 is 1.61 bits per heavy atom. The summed E-state index contributed by atoms with van der Waals surface area (Å²) in [5, 5.41) is 18.9. The van der Waals surface area contributed by atoms with Crippen LogP contribution in [-0.2, 0) is 4.79 Å². The number of carboxylic acids is 1. The van der Waals surface area contributed by atoms with E-state index in [1.54, 1.807) is 6.92 Å². The van der Waals surface area contributed by atoms with Crippen LogP contribution >= 0.6 is 0 Å². The van der Waals surface area contributed by atoms with E-state index < -0.39 is 22.8 Å². The van der Waals surface area contributed by atoms with Gasteiger partial charge in [-0.25, -0.2) is 4.39 Å². The van der Waals surface area contributed by atoms with E-state index in [-0.39, 0.29) is 24.3 Å². The van der Waals surface area contributed by atoms with Crippen molar-refractivity contribution in [2.75, 3.05) is 0 Å². The van der Waals surface area contributed by atoms with Crippen molar-refractivity contribution in [1.29, 1.82) is 0 Å². The van der Waals surface area contributed by atoms with Gasteiger partial charge in [0, 0.05) is 12.5 Å². The number of ether oxygens (including phenoxy) is 1. The molecule has 1 aromatic rings. The molecule has 1 atom stereocenters. The maximum atomic E-state index is 13.4. The summed E-state index contributed by atoms with van der Waals surface area (Å²) in [6.45, 7) is 1.60. The molecule has 6 nitrogen and oxygen atoms in total. The van der Waals surface area contributed by atoms with Gasteiger partial charge in [-0.2, -0.15) is 0 Å². The van der Waals surface area contributed by atoms with Gasteiger partial charge in [0.05, 0.1) is 17.1 Å². The van der Waals surface area contributed by atoms with Gasteiger partial charge < -0.3 is 9.84 Å². The normalized spacial score (nSPS) is 11.9. The lowest BCUT2D eigenvalue weighted by Crippen LogP contribution is -2.14. The van der Waals surface area contributed by atoms with E-state index in [0.29, 0.717) is 0 Å². The second kappa shape index (κ2) is 5.95. The molecule has 0 aromatic heterocycles. The highest BCUT2D eigenvalue weighted by molar-refractivity contribution is 5.66. The predicted molar refractivity (Wildman–Crippen MR) is 60.0 cm³/mol. The molecule has 0 amide bonds. The third-order valence-electron chi connectivity index (χ3n) is 2.22. The van der Waals surface area contributed by atoms with E-state index in [9.17, 15) is 19.3 Å². The molecule has 1 unspecified atom stereocenters. The van der Waals surface area contributed by atoms with Gasteiger partial charge in [-0.3, -0.25) is 14.9 Å². The molecule has 18 heavy (non-hydrogen) atoms. The Morgan fingerprint density at radius 3 is 2.78 bits per heavy atom. The lowest BCUT2D eigenvalue weighted by molar-refractivity contribution is -0.385. The predicted octanol–water partition coefficient (Wildman–Crippen LogP) is 2.37. The number of carboxylic acid groups (broad SMARTS) is 1. The number of nitro benzene ring substituents is 1. The second-order valence-electron chi connectivity index (χ2n) is 3.73. The first-order chi connectivity index (χ1) is 8.40. The minimum atomic E-state index is -0.963. The van der Waals surface area contributed by atoms with Gasteiger partial charge in [0.2, 0.25) is 0 Å². The topological polar surface area (TPSA) is 89.7 Å². The highest BCUT2D eigenvalue weighted by atomic mass is 19.1. The van der Waals surface area contributed by atoms with Crippen molar-refractivity contribution in [1.82, 2.24) is 0 Å². The summed E-state index contributed by atoms with van der Waals surface area (Å²) >= 11 is 0. The molecule has 0 saturated heterocycles. The largest absolute Gasteiger partial charge is 0.488 e. The maximum absolute atomic E-state index is 13.4. The summed E-state index contributed by atoms with van der Waals surface area (Å²) < 4.78 is 18.6. The van der Waals surface area contributed by atoms with Crippen LogP contribution in [-0.4, -0.2) is 22.1 Å². The number of halogens is 1. The zero-order valence-electron chi connectivity index (χ0n) is 9.63. The number of non-ortho nitro benzene ring substituents is 1. The Morgan fingerprint density at radius 2 is 2.28 bits per heavy atom. The maximum Gasteiger partial charge on any atom is 0.303 e. The van der Waals surface area contributed by atoms with Gasteiger partial charge in [-0.15, -0.1) is 0 Å². The van der Waals surface area contributed by atoms with Crippen LogP contribution in [0, 0.1) is 15.9 Å². The van der Waals surface area contributed by atoms with Gasteiger partial charge in [-0.1, -0.05) is 0 Å². The molecule has 1 N–H and O–H groups in total. The fraction of sp³-hybridized carbons (Fsp3) is 0.364. The van der Waals surface area contributed by atoms with Crippen LogP contribution in [0.3, 0.4) is 0 Å². The molecule has 0 bridgehead atoms. The van der Waals surface area contributed by atoms with E-state index in [1.165, 1.54) is 0 Å². The van der Waals surface area contributed by atoms with Crippen molar-refractivity contribution in [2.24, 2.45) is 0 Å². The van der Waals surface area contributed by atoms with E-state index in [1.807, 2.05) is 0 Å². The molecule has 0 heterocycles. The van der Waals surface area contributed by atoms with Crippen molar-refractivity contribution < 1.29 is 24.0 Å². The van der Waals surface area contributed by atoms with E-state index >= 15 is 0 Å². The van der Waals surface area contributed by atoms with Crippen LogP contribution in [0.2, 0.25) is 0 Å². The number of rotatable bonds is 6. The van der Waals surface area contributed by atoms with E-state index in [2.05, 4.69) is 0 Å². The minimum absolute atomic E-state index is 0.0875. The lowest BCUT2D eigenvalue weighted by Gasteiger charge is -2.13. The fourth-order valence-corrected chi connectivity index (χ4v) is 1.30. The molecule has 0 aliphatic heterocycles. The molecule has 1 aromatic carbocycles. The average molecular weight is 257 g/mol. The standard InChI is InChI=1S/C11H12FNO5/c1-7(2-5-11(14)15)18-10-4-3-8(13(16)17)6-9(10)12/h3-4,6-7H,2,5H2,1H3,(H,14,15). The lowest BCUT2D eigenvalue weighted by atomic mass is 10.2. The van der Waals surface area contributed by atoms with Crippen molar-refractivity contribution in [2.45, 2.75) is 25.9 Å². The third-order valence-corrected chi connectivity index (χ3v) is 2.22. The monoisotopic (exact) mass is 257 g/mol. The van der Waals surface area contributed by atoms with Gasteiger partial charge >= 0.3 is 5.97 Å². The van der Waals surface area contributed by atoms with Crippen molar-refractivity contribution in [3.63, 3.8) is 0 Å². The Hall–Kier alpha value is -2.18. The van der Waals surface area contributed by atoms with Gasteiger partial charge in [-0.05, 0) is 19.4 Å². The van der Waals surface area contributed by atoms with E-state index in [4.69, 9.17) is 9.84 Å². The highest BCUT2D eigenvalue weighted by Crippen LogP contribution is 2.24. The first-order valence-electron chi connectivity index (χ1n) is 5.22. The average Bonchev–Trinajstić information content (AvgIpc) is 2.29. The molecule has 0 saturated carbocycles. The summed E-state index contributed by atoms with van der Waals surface area (Å²) in [5.74, 6) is -1.93. The Bertz CT molecular complexity index is 463. The summed E-state index contributed by atoms with van der Waals surface area (Å²) in [6, 6.07) is 3.05. The van der Waals surface area contributed by atoms with E-state index in [0.717, 1.165) is 18.2 Å². The zero-order chi connectivity index (χ0) is 13.7. The Labute approximate surface area is 102 Å². The van der Waals surface area contributed by atoms with Crippen LogP contribution in [0.4, 0.5) is 10.1 Å². The molecule has 0 aliphatic rings. The fourth-order valence-electron chi connectivity index (χ4n) is 1.30. The first kappa shape index (κ1) is 13.9. The molecule has 0 spiro atoms. The molecule has 7 heteroatoms. The Kier molecular flexibility index (Phi) is 4.59. The number of nitro groups is 1. The number of benzene rings is 1. The molecule has 1 rings (SSSR count). The van der Waals surface area contributed by atoms with Crippen LogP contribution in [0.5, 0.6) is 5.75 Å². The van der Waals surface area contributed by atoms with Crippen LogP contribution in [0.1, 0.15) is 19.8 Å². The first-order valence-corrected chi connectivity index (χ1v) is 5.22. The quantitative estimate of drug-likeness (QED) is 0.624.